The standard InChI is InChI=1S/C10H8Cl2N4O2S/c1-16-10(14-8(17)9(18)15-16)19-4-6-5(11)2-3-7(12)13-6/h2-3H,4H2,1H3,(H,15,18). The highest BCUT2D eigenvalue weighted by molar-refractivity contribution is 7.98. The van der Waals surface area contributed by atoms with E-state index in [1.54, 1.807) is 19.2 Å². The van der Waals surface area contributed by atoms with Crippen LogP contribution in [0.2, 0.25) is 10.2 Å². The minimum absolute atomic E-state index is 0.336. The Labute approximate surface area is 121 Å². The van der Waals surface area contributed by atoms with Crippen LogP contribution in [0, 0.1) is 0 Å². The van der Waals surface area contributed by atoms with Crippen molar-refractivity contribution in [2.75, 3.05) is 0 Å². The van der Waals surface area contributed by atoms with Crippen LogP contribution < -0.4 is 11.1 Å². The topological polar surface area (TPSA) is 80.6 Å². The van der Waals surface area contributed by atoms with Gasteiger partial charge < -0.3 is 0 Å². The molecule has 0 aromatic carbocycles. The van der Waals surface area contributed by atoms with Crippen molar-refractivity contribution in [3.63, 3.8) is 0 Å². The molecule has 2 heterocycles. The van der Waals surface area contributed by atoms with Gasteiger partial charge in [-0.15, -0.1) is 0 Å². The number of H-pyrrole nitrogens is 1. The van der Waals surface area contributed by atoms with E-state index >= 15 is 0 Å². The Morgan fingerprint density at radius 3 is 2.79 bits per heavy atom. The number of aromatic nitrogens is 4. The van der Waals surface area contributed by atoms with Crippen molar-refractivity contribution in [2.45, 2.75) is 10.9 Å². The number of aryl methyl sites for hydroxylation is 1. The molecule has 0 saturated heterocycles. The summed E-state index contributed by atoms with van der Waals surface area (Å²) in [7, 11) is 1.59. The summed E-state index contributed by atoms with van der Waals surface area (Å²) in [6.07, 6.45) is 0. The fourth-order valence-electron chi connectivity index (χ4n) is 1.28. The van der Waals surface area contributed by atoms with Crippen LogP contribution in [-0.2, 0) is 12.8 Å². The molecule has 0 fully saturated rings. The van der Waals surface area contributed by atoms with Gasteiger partial charge in [0.25, 0.3) is 0 Å². The third kappa shape index (κ3) is 3.37. The quantitative estimate of drug-likeness (QED) is 0.526. The highest BCUT2D eigenvalue weighted by Gasteiger charge is 2.08. The van der Waals surface area contributed by atoms with E-state index in [4.69, 9.17) is 23.2 Å². The summed E-state index contributed by atoms with van der Waals surface area (Å²) < 4.78 is 1.37. The van der Waals surface area contributed by atoms with Gasteiger partial charge in [0.1, 0.15) is 5.15 Å². The van der Waals surface area contributed by atoms with E-state index in [1.165, 1.54) is 16.4 Å². The maximum atomic E-state index is 11.2. The molecule has 9 heteroatoms. The molecule has 0 aliphatic heterocycles. The van der Waals surface area contributed by atoms with Crippen molar-refractivity contribution in [1.29, 1.82) is 0 Å². The number of hydrogen-bond donors (Lipinski definition) is 1. The van der Waals surface area contributed by atoms with E-state index in [0.717, 1.165) is 0 Å². The number of aromatic amines is 1. The SMILES string of the molecule is Cn1[nH]c(=O)c(=O)nc1SCc1nc(Cl)ccc1Cl. The van der Waals surface area contributed by atoms with Crippen LogP contribution in [0.4, 0.5) is 0 Å². The van der Waals surface area contributed by atoms with Gasteiger partial charge in [-0.25, -0.2) is 4.98 Å². The van der Waals surface area contributed by atoms with Gasteiger partial charge in [-0.2, -0.15) is 4.98 Å². The van der Waals surface area contributed by atoms with Gasteiger partial charge in [0.05, 0.1) is 10.7 Å². The Morgan fingerprint density at radius 1 is 1.32 bits per heavy atom. The van der Waals surface area contributed by atoms with Crippen molar-refractivity contribution in [3.05, 3.63) is 48.7 Å². The fourth-order valence-corrected chi connectivity index (χ4v) is 2.57. The average molecular weight is 319 g/mol. The number of nitrogens with zero attached hydrogens (tertiary/aromatic N) is 3. The van der Waals surface area contributed by atoms with Crippen LogP contribution in [0.25, 0.3) is 0 Å². The van der Waals surface area contributed by atoms with E-state index in [0.29, 0.717) is 26.8 Å². The number of halogens is 2. The highest BCUT2D eigenvalue weighted by atomic mass is 35.5. The lowest BCUT2D eigenvalue weighted by Gasteiger charge is -2.06. The van der Waals surface area contributed by atoms with Crippen molar-refractivity contribution >= 4 is 35.0 Å². The molecule has 19 heavy (non-hydrogen) atoms. The molecule has 100 valence electrons. The minimum atomic E-state index is -0.828. The fraction of sp³-hybridized carbons (Fsp3) is 0.200. The van der Waals surface area contributed by atoms with Gasteiger partial charge in [0.15, 0.2) is 5.16 Å². The lowest BCUT2D eigenvalue weighted by Crippen LogP contribution is -2.33. The van der Waals surface area contributed by atoms with E-state index in [9.17, 15) is 9.59 Å². The minimum Gasteiger partial charge on any atom is -0.265 e. The zero-order chi connectivity index (χ0) is 14.0. The second-order valence-electron chi connectivity index (χ2n) is 3.55. The van der Waals surface area contributed by atoms with Gasteiger partial charge in [0.2, 0.25) is 0 Å². The van der Waals surface area contributed by atoms with Crippen molar-refractivity contribution in [3.8, 4) is 0 Å². The summed E-state index contributed by atoms with van der Waals surface area (Å²) in [5.41, 5.74) is -1.00. The molecule has 2 aromatic heterocycles. The molecule has 0 atom stereocenters. The van der Waals surface area contributed by atoms with E-state index in [1.807, 2.05) is 0 Å². The number of hydrogen-bond acceptors (Lipinski definition) is 5. The van der Waals surface area contributed by atoms with Gasteiger partial charge in [0, 0.05) is 12.8 Å². The lowest BCUT2D eigenvalue weighted by molar-refractivity contribution is 0.596. The second kappa shape index (κ2) is 5.77. The van der Waals surface area contributed by atoms with Crippen LogP contribution >= 0.6 is 35.0 Å². The van der Waals surface area contributed by atoms with Gasteiger partial charge in [-0.1, -0.05) is 35.0 Å². The molecule has 0 aliphatic carbocycles. The number of pyridine rings is 1. The third-order valence-corrected chi connectivity index (χ3v) is 3.77. The second-order valence-corrected chi connectivity index (χ2v) is 5.29. The van der Waals surface area contributed by atoms with E-state index < -0.39 is 11.1 Å². The lowest BCUT2D eigenvalue weighted by atomic mass is 10.4. The Bertz CT molecular complexity index is 728. The predicted octanol–water partition coefficient (Wildman–Crippen LogP) is 1.46. The molecular formula is C10H8Cl2N4O2S. The molecule has 0 saturated carbocycles. The monoisotopic (exact) mass is 318 g/mol. The van der Waals surface area contributed by atoms with Gasteiger partial charge >= 0.3 is 11.1 Å². The largest absolute Gasteiger partial charge is 0.339 e. The Kier molecular flexibility index (Phi) is 4.28. The number of nitrogens with one attached hydrogen (secondary N) is 1. The Morgan fingerprint density at radius 2 is 2.05 bits per heavy atom. The van der Waals surface area contributed by atoms with Crippen LogP contribution in [0.3, 0.4) is 0 Å². The molecule has 2 aromatic rings. The van der Waals surface area contributed by atoms with Crippen LogP contribution in [0.1, 0.15) is 5.69 Å². The van der Waals surface area contributed by atoms with Gasteiger partial charge in [-0.05, 0) is 12.1 Å². The van der Waals surface area contributed by atoms with Crippen molar-refractivity contribution in [1.82, 2.24) is 19.7 Å². The maximum absolute atomic E-state index is 11.2. The summed E-state index contributed by atoms with van der Waals surface area (Å²) >= 11 is 13.0. The normalized spacial score (nSPS) is 10.7. The Balaban J connectivity index is 2.23. The molecule has 0 aliphatic rings. The van der Waals surface area contributed by atoms with E-state index in [2.05, 4.69) is 15.1 Å². The van der Waals surface area contributed by atoms with Crippen LogP contribution in [-0.4, -0.2) is 19.7 Å². The van der Waals surface area contributed by atoms with Crippen LogP contribution in [0.15, 0.2) is 26.9 Å². The summed E-state index contributed by atoms with van der Waals surface area (Å²) in [5, 5.41) is 3.53. The zero-order valence-corrected chi connectivity index (χ0v) is 12.0. The summed E-state index contributed by atoms with van der Waals surface area (Å²) in [6.45, 7) is 0. The first-order chi connectivity index (χ1) is 8.97. The number of thioether (sulfide) groups is 1. The van der Waals surface area contributed by atoms with Crippen molar-refractivity contribution in [2.24, 2.45) is 7.05 Å². The smallest absolute Gasteiger partial charge is 0.265 e. The highest BCUT2D eigenvalue weighted by Crippen LogP contribution is 2.24. The summed E-state index contributed by atoms with van der Waals surface area (Å²) in [4.78, 5) is 30.0. The molecule has 0 spiro atoms. The summed E-state index contributed by atoms with van der Waals surface area (Å²) in [5.74, 6) is 0.381. The number of rotatable bonds is 3. The van der Waals surface area contributed by atoms with Gasteiger partial charge in [-0.3, -0.25) is 19.4 Å². The summed E-state index contributed by atoms with van der Waals surface area (Å²) in [6, 6.07) is 3.23. The first-order valence-corrected chi connectivity index (χ1v) is 6.82. The van der Waals surface area contributed by atoms with Crippen LogP contribution in [0.5, 0.6) is 0 Å². The molecule has 0 unspecified atom stereocenters. The molecule has 0 amide bonds. The zero-order valence-electron chi connectivity index (χ0n) is 9.68. The van der Waals surface area contributed by atoms with E-state index in [-0.39, 0.29) is 0 Å². The molecule has 0 radical (unpaired) electrons. The predicted molar refractivity (Wildman–Crippen MR) is 73.9 cm³/mol. The molecule has 1 N–H and O–H groups in total. The molecule has 6 nitrogen and oxygen atoms in total. The Hall–Kier alpha value is -1.31. The molecule has 0 bridgehead atoms. The van der Waals surface area contributed by atoms with Crippen molar-refractivity contribution < 1.29 is 0 Å². The molecule has 2 rings (SSSR count). The third-order valence-electron chi connectivity index (χ3n) is 2.17. The first-order valence-electron chi connectivity index (χ1n) is 5.08. The first kappa shape index (κ1) is 14.1. The molecular weight excluding hydrogens is 311 g/mol. The maximum Gasteiger partial charge on any atom is 0.339 e. The average Bonchev–Trinajstić information content (AvgIpc) is 2.36.